The van der Waals surface area contributed by atoms with Crippen molar-refractivity contribution < 1.29 is 44.3 Å². The van der Waals surface area contributed by atoms with Gasteiger partial charge in [-0.1, -0.05) is 24.3 Å². The van der Waals surface area contributed by atoms with Gasteiger partial charge >= 0.3 is 6.01 Å². The molecule has 4 aromatic carbocycles. The lowest BCUT2D eigenvalue weighted by atomic mass is 9.96. The first-order chi connectivity index (χ1) is 19.0. The van der Waals surface area contributed by atoms with Crippen LogP contribution >= 0.6 is 0 Å². The lowest BCUT2D eigenvalue weighted by molar-refractivity contribution is 0.156. The average Bonchev–Trinajstić information content (AvgIpc) is 2.90. The summed E-state index contributed by atoms with van der Waals surface area (Å²) in [4.78, 5) is 0. The standard InChI is InChI=1S/C30H19F9O/c1-2-40-30(39)28(37)18-6-5-16(21(31)12-18)4-3-15-9-23(33)27(24(34)10-15)17-7-8-20(22(32)11-17)19-13-25(35)29(38)26(36)14-19/h5-14H,2-4H2,1H3. The van der Waals surface area contributed by atoms with Gasteiger partial charge in [0.15, 0.2) is 17.5 Å². The Kier molecular flexibility index (Phi) is 8.56. The molecule has 208 valence electrons. The molecule has 0 heterocycles. The molecule has 0 fully saturated rings. The van der Waals surface area contributed by atoms with Crippen LogP contribution in [0.3, 0.4) is 0 Å². The van der Waals surface area contributed by atoms with Gasteiger partial charge in [0.25, 0.3) is 0 Å². The molecule has 0 N–H and O–H groups in total. The summed E-state index contributed by atoms with van der Waals surface area (Å²) in [6.45, 7) is 1.33. The van der Waals surface area contributed by atoms with E-state index in [4.69, 9.17) is 0 Å². The van der Waals surface area contributed by atoms with Crippen molar-refractivity contribution >= 4 is 5.83 Å². The van der Waals surface area contributed by atoms with Crippen molar-refractivity contribution in [3.05, 3.63) is 124 Å². The third kappa shape index (κ3) is 6.00. The number of rotatable bonds is 8. The minimum Gasteiger partial charge on any atom is -0.469 e. The van der Waals surface area contributed by atoms with Gasteiger partial charge in [0.2, 0.25) is 5.83 Å². The molecule has 4 rings (SSSR count). The van der Waals surface area contributed by atoms with Crippen LogP contribution in [0, 0.1) is 40.7 Å². The van der Waals surface area contributed by atoms with Gasteiger partial charge in [0.05, 0.1) is 12.2 Å². The minimum absolute atomic E-state index is 0.0228. The Balaban J connectivity index is 1.54. The Labute approximate surface area is 223 Å². The summed E-state index contributed by atoms with van der Waals surface area (Å²) in [6, 6.07) is 7.78. The second-order valence-electron chi connectivity index (χ2n) is 8.71. The normalized spacial score (nSPS) is 11.9. The lowest BCUT2D eigenvalue weighted by Crippen LogP contribution is -2.00. The fourth-order valence-corrected chi connectivity index (χ4v) is 4.13. The maximum atomic E-state index is 14.9. The molecule has 0 saturated heterocycles. The zero-order chi connectivity index (χ0) is 29.1. The number of hydrogen-bond acceptors (Lipinski definition) is 1. The van der Waals surface area contributed by atoms with E-state index < -0.39 is 58.1 Å². The number of aryl methyl sites for hydroxylation is 2. The molecular formula is C30H19F9O. The van der Waals surface area contributed by atoms with Crippen molar-refractivity contribution in [2.75, 3.05) is 6.61 Å². The molecular weight excluding hydrogens is 547 g/mol. The smallest absolute Gasteiger partial charge is 0.309 e. The zero-order valence-corrected chi connectivity index (χ0v) is 20.7. The van der Waals surface area contributed by atoms with E-state index in [2.05, 4.69) is 4.74 Å². The van der Waals surface area contributed by atoms with E-state index >= 15 is 0 Å². The zero-order valence-electron chi connectivity index (χ0n) is 20.7. The molecule has 40 heavy (non-hydrogen) atoms. The Morgan fingerprint density at radius 1 is 0.625 bits per heavy atom. The van der Waals surface area contributed by atoms with E-state index in [1.54, 1.807) is 0 Å². The van der Waals surface area contributed by atoms with E-state index in [0.717, 1.165) is 42.5 Å². The molecule has 0 amide bonds. The van der Waals surface area contributed by atoms with Gasteiger partial charge in [-0.15, -0.1) is 0 Å². The van der Waals surface area contributed by atoms with Crippen molar-refractivity contribution in [3.63, 3.8) is 0 Å². The number of hydrogen-bond donors (Lipinski definition) is 0. The first-order valence-electron chi connectivity index (χ1n) is 11.9. The first kappa shape index (κ1) is 28.8. The third-order valence-corrected chi connectivity index (χ3v) is 6.09. The molecule has 0 radical (unpaired) electrons. The predicted octanol–water partition coefficient (Wildman–Crippen LogP) is 9.38. The van der Waals surface area contributed by atoms with Gasteiger partial charge in [-0.05, 0) is 78.4 Å². The summed E-state index contributed by atoms with van der Waals surface area (Å²) in [7, 11) is 0. The van der Waals surface area contributed by atoms with Gasteiger partial charge in [0.1, 0.15) is 23.3 Å². The summed E-state index contributed by atoms with van der Waals surface area (Å²) in [5.74, 6) is -10.1. The van der Waals surface area contributed by atoms with E-state index in [0.29, 0.717) is 12.1 Å². The number of benzene rings is 4. The van der Waals surface area contributed by atoms with Crippen LogP contribution in [0.15, 0.2) is 66.7 Å². The quantitative estimate of drug-likeness (QED) is 0.117. The summed E-state index contributed by atoms with van der Waals surface area (Å²) in [5, 5.41) is 0. The lowest BCUT2D eigenvalue weighted by Gasteiger charge is -2.11. The summed E-state index contributed by atoms with van der Waals surface area (Å²) >= 11 is 0. The van der Waals surface area contributed by atoms with Crippen LogP contribution in [0.2, 0.25) is 0 Å². The molecule has 10 heteroatoms. The highest BCUT2D eigenvalue weighted by Crippen LogP contribution is 2.33. The molecule has 0 aliphatic carbocycles. The minimum atomic E-state index is -1.72. The Hall–Kier alpha value is -4.21. The summed E-state index contributed by atoms with van der Waals surface area (Å²) in [5.41, 5.74) is -1.55. The van der Waals surface area contributed by atoms with Crippen LogP contribution in [0.25, 0.3) is 28.1 Å². The second-order valence-corrected chi connectivity index (χ2v) is 8.71. The Morgan fingerprint density at radius 2 is 1.25 bits per heavy atom. The van der Waals surface area contributed by atoms with Gasteiger partial charge in [-0.3, -0.25) is 0 Å². The maximum Gasteiger partial charge on any atom is 0.309 e. The van der Waals surface area contributed by atoms with Crippen LogP contribution in [-0.4, -0.2) is 6.61 Å². The number of halogens is 9. The average molecular weight is 566 g/mol. The molecule has 0 bridgehead atoms. The van der Waals surface area contributed by atoms with E-state index in [1.165, 1.54) is 13.0 Å². The molecule has 1 nitrogen and oxygen atoms in total. The van der Waals surface area contributed by atoms with Crippen LogP contribution in [0.1, 0.15) is 23.6 Å². The largest absolute Gasteiger partial charge is 0.469 e. The fourth-order valence-electron chi connectivity index (χ4n) is 4.13. The van der Waals surface area contributed by atoms with Crippen LogP contribution in [0.5, 0.6) is 0 Å². The summed E-state index contributed by atoms with van der Waals surface area (Å²) in [6.07, 6.45) is -0.0528. The highest BCUT2D eigenvalue weighted by molar-refractivity contribution is 5.72. The fraction of sp³-hybridized carbons (Fsp3) is 0.133. The predicted molar refractivity (Wildman–Crippen MR) is 132 cm³/mol. The number of ether oxygens (including phenoxy) is 1. The van der Waals surface area contributed by atoms with Crippen molar-refractivity contribution in [3.8, 4) is 22.3 Å². The molecule has 4 aromatic rings. The summed E-state index contributed by atoms with van der Waals surface area (Å²) < 4.78 is 131. The molecule has 0 aliphatic rings. The van der Waals surface area contributed by atoms with E-state index in [-0.39, 0.29) is 52.8 Å². The molecule has 0 atom stereocenters. The highest BCUT2D eigenvalue weighted by atomic mass is 19.2. The van der Waals surface area contributed by atoms with Gasteiger partial charge in [0, 0.05) is 11.1 Å². The molecule has 0 saturated carbocycles. The van der Waals surface area contributed by atoms with Crippen molar-refractivity contribution in [1.82, 2.24) is 0 Å². The highest BCUT2D eigenvalue weighted by Gasteiger charge is 2.19. The molecule has 0 aromatic heterocycles. The van der Waals surface area contributed by atoms with Gasteiger partial charge < -0.3 is 4.74 Å². The van der Waals surface area contributed by atoms with Crippen LogP contribution in [0.4, 0.5) is 39.5 Å². The van der Waals surface area contributed by atoms with Gasteiger partial charge in [-0.25, -0.2) is 30.7 Å². The molecule has 0 unspecified atom stereocenters. The van der Waals surface area contributed by atoms with Crippen LogP contribution in [-0.2, 0) is 17.6 Å². The monoisotopic (exact) mass is 566 g/mol. The van der Waals surface area contributed by atoms with E-state index in [1.807, 2.05) is 0 Å². The Morgan fingerprint density at radius 3 is 1.82 bits per heavy atom. The van der Waals surface area contributed by atoms with Crippen molar-refractivity contribution in [1.29, 1.82) is 0 Å². The van der Waals surface area contributed by atoms with Crippen molar-refractivity contribution in [2.24, 2.45) is 0 Å². The third-order valence-electron chi connectivity index (χ3n) is 6.09. The van der Waals surface area contributed by atoms with Gasteiger partial charge in [-0.2, -0.15) is 8.78 Å². The second kappa shape index (κ2) is 11.9. The topological polar surface area (TPSA) is 9.23 Å². The Bertz CT molecular complexity index is 1570. The molecule has 0 spiro atoms. The molecule has 0 aliphatic heterocycles. The van der Waals surface area contributed by atoms with Crippen LogP contribution < -0.4 is 0 Å². The van der Waals surface area contributed by atoms with E-state index in [9.17, 15) is 39.5 Å². The van der Waals surface area contributed by atoms with Crippen molar-refractivity contribution in [2.45, 2.75) is 19.8 Å². The SMILES string of the molecule is CCOC(F)=C(F)c1ccc(CCc2cc(F)c(-c3ccc(-c4cc(F)c(F)c(F)c4)c(F)c3)c(F)c2)c(F)c1. The first-order valence-corrected chi connectivity index (χ1v) is 11.9. The maximum absolute atomic E-state index is 14.9.